The maximum absolute atomic E-state index is 12.7. The second-order valence-corrected chi connectivity index (χ2v) is 7.13. The van der Waals surface area contributed by atoms with Crippen LogP contribution >= 0.6 is 0 Å². The Hall–Kier alpha value is -4.48. The van der Waals surface area contributed by atoms with Gasteiger partial charge in [0.2, 0.25) is 11.7 Å². The van der Waals surface area contributed by atoms with Crippen molar-refractivity contribution in [1.29, 1.82) is 0 Å². The summed E-state index contributed by atoms with van der Waals surface area (Å²) in [6.07, 6.45) is -3.11. The molecule has 1 amide bonds. The molecule has 9 nitrogen and oxygen atoms in total. The van der Waals surface area contributed by atoms with Crippen LogP contribution in [0.5, 0.6) is 17.2 Å². The summed E-state index contributed by atoms with van der Waals surface area (Å²) in [5.74, 6) is 0.638. The first-order chi connectivity index (χ1) is 16.8. The first-order valence-electron chi connectivity index (χ1n) is 10.1. The molecule has 4 rings (SSSR count). The number of benzene rings is 2. The Morgan fingerprint density at radius 1 is 1.06 bits per heavy atom. The van der Waals surface area contributed by atoms with Crippen LogP contribution in [0.3, 0.4) is 0 Å². The highest BCUT2D eigenvalue weighted by Crippen LogP contribution is 2.30. The first-order valence-corrected chi connectivity index (χ1v) is 10.1. The fourth-order valence-corrected chi connectivity index (χ4v) is 3.24. The minimum absolute atomic E-state index is 0.0568. The predicted octanol–water partition coefficient (Wildman–Crippen LogP) is 4.76. The van der Waals surface area contributed by atoms with Gasteiger partial charge in [-0.2, -0.15) is 4.98 Å². The van der Waals surface area contributed by atoms with Crippen LogP contribution in [0.25, 0.3) is 23.0 Å². The number of anilines is 1. The predicted molar refractivity (Wildman–Crippen MR) is 118 cm³/mol. The zero-order chi connectivity index (χ0) is 25.0. The molecular weight excluding hydrogens is 469 g/mol. The highest BCUT2D eigenvalue weighted by atomic mass is 19.4. The number of carbonyl (C=O) groups excluding carboxylic acids is 1. The molecule has 2 aromatic carbocycles. The summed E-state index contributed by atoms with van der Waals surface area (Å²) in [4.78, 5) is 17.0. The van der Waals surface area contributed by atoms with Crippen LogP contribution in [0, 0.1) is 0 Å². The highest BCUT2D eigenvalue weighted by molar-refractivity contribution is 5.92. The molecular formula is C23H19F3N4O5. The zero-order valence-electron chi connectivity index (χ0n) is 18.5. The van der Waals surface area contributed by atoms with Gasteiger partial charge in [-0.3, -0.25) is 4.79 Å². The van der Waals surface area contributed by atoms with Crippen molar-refractivity contribution in [2.75, 3.05) is 19.5 Å². The van der Waals surface area contributed by atoms with Crippen molar-refractivity contribution in [1.82, 2.24) is 14.7 Å². The van der Waals surface area contributed by atoms with E-state index in [-0.39, 0.29) is 29.9 Å². The van der Waals surface area contributed by atoms with Crippen LogP contribution in [-0.4, -0.2) is 41.2 Å². The molecule has 35 heavy (non-hydrogen) atoms. The lowest BCUT2D eigenvalue weighted by molar-refractivity contribution is -0.274. The number of aromatic nitrogens is 3. The summed E-state index contributed by atoms with van der Waals surface area (Å²) < 4.78 is 58.3. The molecule has 1 N–H and O–H groups in total. The lowest BCUT2D eigenvalue weighted by Crippen LogP contribution is -2.19. The average molecular weight is 488 g/mol. The monoisotopic (exact) mass is 488 g/mol. The van der Waals surface area contributed by atoms with Gasteiger partial charge >= 0.3 is 6.36 Å². The Kier molecular flexibility index (Phi) is 6.62. The standard InChI is InChI=1S/C23H19F3N4O5/c1-32-16-9-10-17(19(12-16)33-2)27-20(31)13-30-11-3-4-18(30)22-28-21(29-35-22)14-5-7-15(8-6-14)34-23(24,25)26/h3-12H,13H2,1-2H3,(H,27,31). The van der Waals surface area contributed by atoms with Gasteiger partial charge < -0.3 is 28.6 Å². The van der Waals surface area contributed by atoms with Crippen molar-refractivity contribution < 1.29 is 36.7 Å². The van der Waals surface area contributed by atoms with Gasteiger partial charge in [0.1, 0.15) is 29.5 Å². The van der Waals surface area contributed by atoms with Crippen molar-refractivity contribution >= 4 is 11.6 Å². The molecule has 0 spiro atoms. The van der Waals surface area contributed by atoms with E-state index in [1.807, 2.05) is 0 Å². The third-order valence-electron chi connectivity index (χ3n) is 4.82. The number of alkyl halides is 3. The van der Waals surface area contributed by atoms with E-state index in [0.717, 1.165) is 12.1 Å². The van der Waals surface area contributed by atoms with Crippen molar-refractivity contribution in [3.8, 4) is 40.2 Å². The van der Waals surface area contributed by atoms with Gasteiger partial charge in [-0.25, -0.2) is 0 Å². The van der Waals surface area contributed by atoms with E-state index >= 15 is 0 Å². The molecule has 2 heterocycles. The third-order valence-corrected chi connectivity index (χ3v) is 4.82. The smallest absolute Gasteiger partial charge is 0.497 e. The van der Waals surface area contributed by atoms with Gasteiger partial charge in [0.05, 0.1) is 19.9 Å². The van der Waals surface area contributed by atoms with Crippen molar-refractivity contribution in [3.63, 3.8) is 0 Å². The quantitative estimate of drug-likeness (QED) is 0.382. The van der Waals surface area contributed by atoms with E-state index in [1.165, 1.54) is 26.4 Å². The van der Waals surface area contributed by atoms with Gasteiger partial charge in [0.25, 0.3) is 5.89 Å². The lowest BCUT2D eigenvalue weighted by Gasteiger charge is -2.12. The minimum Gasteiger partial charge on any atom is -0.497 e. The Labute approximate surface area is 197 Å². The molecule has 12 heteroatoms. The van der Waals surface area contributed by atoms with Crippen LogP contribution in [-0.2, 0) is 11.3 Å². The molecule has 0 bridgehead atoms. The Bertz CT molecular complexity index is 1320. The maximum Gasteiger partial charge on any atom is 0.573 e. The molecule has 2 aromatic heterocycles. The number of halogens is 3. The molecule has 182 valence electrons. The number of ether oxygens (including phenoxy) is 3. The number of carbonyl (C=O) groups is 1. The molecule has 0 saturated carbocycles. The Balaban J connectivity index is 1.47. The first kappa shape index (κ1) is 23.7. The summed E-state index contributed by atoms with van der Waals surface area (Å²) >= 11 is 0. The number of nitrogens with zero attached hydrogens (tertiary/aromatic N) is 3. The lowest BCUT2D eigenvalue weighted by atomic mass is 10.2. The van der Waals surface area contributed by atoms with Crippen LogP contribution < -0.4 is 19.5 Å². The SMILES string of the molecule is COc1ccc(NC(=O)Cn2cccc2-c2nc(-c3ccc(OC(F)(F)F)cc3)no2)c(OC)c1. The van der Waals surface area contributed by atoms with Gasteiger partial charge in [0.15, 0.2) is 0 Å². The van der Waals surface area contributed by atoms with E-state index in [1.54, 1.807) is 41.1 Å². The normalized spacial score (nSPS) is 11.2. The number of hydrogen-bond donors (Lipinski definition) is 1. The summed E-state index contributed by atoms with van der Waals surface area (Å²) in [6, 6.07) is 13.5. The van der Waals surface area contributed by atoms with Crippen LogP contribution in [0.15, 0.2) is 65.3 Å². The van der Waals surface area contributed by atoms with E-state index < -0.39 is 6.36 Å². The largest absolute Gasteiger partial charge is 0.573 e. The Morgan fingerprint density at radius 2 is 1.80 bits per heavy atom. The fourth-order valence-electron chi connectivity index (χ4n) is 3.24. The molecule has 0 atom stereocenters. The maximum atomic E-state index is 12.7. The summed E-state index contributed by atoms with van der Waals surface area (Å²) in [5, 5.41) is 6.67. The van der Waals surface area contributed by atoms with Gasteiger partial charge in [0, 0.05) is 17.8 Å². The molecule has 0 unspecified atom stereocenters. The number of methoxy groups -OCH3 is 2. The molecule has 0 aliphatic heterocycles. The fraction of sp³-hybridized carbons (Fsp3) is 0.174. The van der Waals surface area contributed by atoms with E-state index in [0.29, 0.717) is 28.4 Å². The number of rotatable bonds is 8. The van der Waals surface area contributed by atoms with Crippen molar-refractivity contribution in [3.05, 3.63) is 60.8 Å². The van der Waals surface area contributed by atoms with Crippen molar-refractivity contribution in [2.45, 2.75) is 12.9 Å². The minimum atomic E-state index is -4.78. The molecule has 0 aliphatic carbocycles. The molecule has 0 saturated heterocycles. The van der Waals surface area contributed by atoms with Crippen LogP contribution in [0.1, 0.15) is 0 Å². The van der Waals surface area contributed by atoms with Crippen LogP contribution in [0.4, 0.5) is 18.9 Å². The highest BCUT2D eigenvalue weighted by Gasteiger charge is 2.31. The van der Waals surface area contributed by atoms with Gasteiger partial charge in [-0.05, 0) is 48.5 Å². The second kappa shape index (κ2) is 9.79. The third kappa shape index (κ3) is 5.72. The van der Waals surface area contributed by atoms with Gasteiger partial charge in [-0.15, -0.1) is 13.2 Å². The molecule has 4 aromatic rings. The summed E-state index contributed by atoms with van der Waals surface area (Å²) in [5.41, 5.74) is 1.39. The molecule has 0 aliphatic rings. The van der Waals surface area contributed by atoms with E-state index in [4.69, 9.17) is 14.0 Å². The average Bonchev–Trinajstić information content (AvgIpc) is 3.48. The second-order valence-electron chi connectivity index (χ2n) is 7.13. The van der Waals surface area contributed by atoms with E-state index in [2.05, 4.69) is 20.2 Å². The number of hydrogen-bond acceptors (Lipinski definition) is 7. The number of amides is 1. The Morgan fingerprint density at radius 3 is 2.49 bits per heavy atom. The summed E-state index contributed by atoms with van der Waals surface area (Å²) in [7, 11) is 3.01. The van der Waals surface area contributed by atoms with Crippen LogP contribution in [0.2, 0.25) is 0 Å². The topological polar surface area (TPSA) is 101 Å². The van der Waals surface area contributed by atoms with E-state index in [9.17, 15) is 18.0 Å². The molecule has 0 radical (unpaired) electrons. The summed E-state index contributed by atoms with van der Waals surface area (Å²) in [6.45, 7) is -0.0568. The van der Waals surface area contributed by atoms with Gasteiger partial charge in [-0.1, -0.05) is 5.16 Å². The number of nitrogens with one attached hydrogen (secondary N) is 1. The zero-order valence-corrected chi connectivity index (χ0v) is 18.5. The molecule has 0 fully saturated rings. The van der Waals surface area contributed by atoms with Crippen molar-refractivity contribution in [2.24, 2.45) is 0 Å².